The number of aryl methyl sites for hydroxylation is 1. The van der Waals surface area contributed by atoms with Gasteiger partial charge in [0.2, 0.25) is 5.88 Å². The highest BCUT2D eigenvalue weighted by molar-refractivity contribution is 5.71. The number of pyridine rings is 1. The molecule has 5 rings (SSSR count). The molecule has 1 atom stereocenters. The van der Waals surface area contributed by atoms with Gasteiger partial charge in [-0.15, -0.1) is 0 Å². The van der Waals surface area contributed by atoms with Crippen molar-refractivity contribution in [3.8, 4) is 17.4 Å². The minimum atomic E-state index is -0.360. The van der Waals surface area contributed by atoms with Crippen molar-refractivity contribution in [2.24, 2.45) is 0 Å². The van der Waals surface area contributed by atoms with Crippen molar-refractivity contribution in [3.63, 3.8) is 0 Å². The number of likely N-dealkylation sites (tertiary alicyclic amines) is 1. The van der Waals surface area contributed by atoms with E-state index < -0.39 is 0 Å². The van der Waals surface area contributed by atoms with Gasteiger partial charge in [-0.3, -0.25) is 14.6 Å². The van der Waals surface area contributed by atoms with Gasteiger partial charge in [0, 0.05) is 44.4 Å². The summed E-state index contributed by atoms with van der Waals surface area (Å²) in [5.74, 6) is 1.24. The molecule has 0 saturated carbocycles. The van der Waals surface area contributed by atoms with Crippen molar-refractivity contribution in [2.75, 3.05) is 19.7 Å². The zero-order valence-corrected chi connectivity index (χ0v) is 21.1. The van der Waals surface area contributed by atoms with Gasteiger partial charge in [0.15, 0.2) is 0 Å². The van der Waals surface area contributed by atoms with Crippen molar-refractivity contribution in [1.29, 1.82) is 0 Å². The molecule has 0 aliphatic carbocycles. The Morgan fingerprint density at radius 2 is 1.70 bits per heavy atom. The number of hydrogen-bond acceptors (Lipinski definition) is 7. The third-order valence-electron chi connectivity index (χ3n) is 6.92. The van der Waals surface area contributed by atoms with Gasteiger partial charge in [-0.25, -0.2) is 9.78 Å². The number of aromatic nitrogens is 1. The maximum absolute atomic E-state index is 12.5. The van der Waals surface area contributed by atoms with Crippen LogP contribution in [0.25, 0.3) is 0 Å². The van der Waals surface area contributed by atoms with Crippen LogP contribution in [-0.2, 0) is 16.1 Å². The quantitative estimate of drug-likeness (QED) is 0.322. The number of carbonyl (C=O) groups excluding carboxylic acids is 2. The van der Waals surface area contributed by atoms with Gasteiger partial charge in [0.05, 0.1) is 6.04 Å². The molecular weight excluding hydrogens is 470 g/mol. The number of hydrogen-bond donors (Lipinski definition) is 0. The molecule has 2 fully saturated rings. The number of ether oxygens (including phenoxy) is 3. The minimum Gasteiger partial charge on any atom is -0.447 e. The molecule has 3 aromatic rings. The van der Waals surface area contributed by atoms with Crippen LogP contribution in [0.5, 0.6) is 17.4 Å². The first-order valence-corrected chi connectivity index (χ1v) is 12.6. The Kier molecular flexibility index (Phi) is 7.37. The highest BCUT2D eigenvalue weighted by atomic mass is 16.6. The van der Waals surface area contributed by atoms with Crippen molar-refractivity contribution in [2.45, 2.75) is 45.3 Å². The third-order valence-corrected chi connectivity index (χ3v) is 6.92. The second kappa shape index (κ2) is 11.0. The first-order chi connectivity index (χ1) is 18.0. The maximum Gasteiger partial charge on any atom is 0.410 e. The van der Waals surface area contributed by atoms with Gasteiger partial charge >= 0.3 is 12.1 Å². The number of benzene rings is 2. The molecular formula is C29H31N3O5. The molecule has 8 heteroatoms. The number of rotatable bonds is 7. The summed E-state index contributed by atoms with van der Waals surface area (Å²) in [4.78, 5) is 32.6. The number of cyclic esters (lactones) is 1. The number of amides is 1. The summed E-state index contributed by atoms with van der Waals surface area (Å²) in [5, 5.41) is 0. The summed E-state index contributed by atoms with van der Waals surface area (Å²) in [7, 11) is 0. The van der Waals surface area contributed by atoms with E-state index in [1.54, 1.807) is 24.3 Å². The first kappa shape index (κ1) is 24.8. The lowest BCUT2D eigenvalue weighted by atomic mass is 9.98. The Labute approximate surface area is 216 Å². The number of nitrogens with zero attached hydrogens (tertiary/aromatic N) is 3. The monoisotopic (exact) mass is 501 g/mol. The van der Waals surface area contributed by atoms with E-state index in [1.807, 2.05) is 36.1 Å². The molecule has 1 unspecified atom stereocenters. The summed E-state index contributed by atoms with van der Waals surface area (Å²) < 4.78 is 16.4. The SMILES string of the molecule is CC(=O)Oc1ccc(Oc2ccc(CN3CCC(N4C(=O)OCC4c4ccccc4)CC3)c(C)n2)cc1. The van der Waals surface area contributed by atoms with Gasteiger partial charge < -0.3 is 14.2 Å². The van der Waals surface area contributed by atoms with Crippen molar-refractivity contribution in [1.82, 2.24) is 14.8 Å². The van der Waals surface area contributed by atoms with Crippen LogP contribution in [0.15, 0.2) is 66.7 Å². The number of esters is 1. The van der Waals surface area contributed by atoms with Crippen LogP contribution in [0.4, 0.5) is 4.79 Å². The predicted octanol–water partition coefficient (Wildman–Crippen LogP) is 5.27. The summed E-state index contributed by atoms with van der Waals surface area (Å²) in [6.45, 7) is 6.38. The van der Waals surface area contributed by atoms with E-state index >= 15 is 0 Å². The Bertz CT molecular complexity index is 1240. The molecule has 2 saturated heterocycles. The fourth-order valence-electron chi connectivity index (χ4n) is 5.02. The fraction of sp³-hybridized carbons (Fsp3) is 0.345. The molecule has 37 heavy (non-hydrogen) atoms. The molecule has 8 nitrogen and oxygen atoms in total. The molecule has 1 amide bonds. The topological polar surface area (TPSA) is 81.2 Å². The Morgan fingerprint density at radius 1 is 1.00 bits per heavy atom. The second-order valence-corrected chi connectivity index (χ2v) is 9.48. The summed E-state index contributed by atoms with van der Waals surface area (Å²) in [5.41, 5.74) is 3.20. The highest BCUT2D eigenvalue weighted by Gasteiger charge is 2.40. The molecule has 1 aromatic heterocycles. The lowest BCUT2D eigenvalue weighted by Gasteiger charge is -2.38. The number of piperidine rings is 1. The molecule has 0 N–H and O–H groups in total. The molecule has 0 bridgehead atoms. The van der Waals surface area contributed by atoms with E-state index in [9.17, 15) is 9.59 Å². The molecule has 2 aromatic carbocycles. The van der Waals surface area contributed by atoms with E-state index in [2.05, 4.69) is 28.1 Å². The molecule has 3 heterocycles. The van der Waals surface area contributed by atoms with Gasteiger partial charge in [0.25, 0.3) is 0 Å². The Hall–Kier alpha value is -3.91. The Balaban J connectivity index is 1.16. The number of carbonyl (C=O) groups is 2. The summed E-state index contributed by atoms with van der Waals surface area (Å²) in [6.07, 6.45) is 1.62. The smallest absolute Gasteiger partial charge is 0.410 e. The first-order valence-electron chi connectivity index (χ1n) is 12.6. The largest absolute Gasteiger partial charge is 0.447 e. The van der Waals surface area contributed by atoms with Crippen LogP contribution in [0.1, 0.15) is 42.6 Å². The lowest BCUT2D eigenvalue weighted by molar-refractivity contribution is -0.131. The highest BCUT2D eigenvalue weighted by Crippen LogP contribution is 2.33. The fourth-order valence-corrected chi connectivity index (χ4v) is 5.02. The van der Waals surface area contributed by atoms with E-state index in [1.165, 1.54) is 6.92 Å². The normalized spacial score (nSPS) is 18.5. The van der Waals surface area contributed by atoms with Crippen LogP contribution in [0.2, 0.25) is 0 Å². The van der Waals surface area contributed by atoms with E-state index in [0.717, 1.165) is 49.3 Å². The standard InChI is InChI=1S/C29H31N3O5/c1-20-23(8-13-28(30-20)37-26-11-9-25(10-12-26)36-21(2)33)18-31-16-14-24(15-17-31)32-27(19-35-29(32)34)22-6-4-3-5-7-22/h3-13,24,27H,14-19H2,1-2H3. The van der Waals surface area contributed by atoms with E-state index in [4.69, 9.17) is 14.2 Å². The molecule has 0 radical (unpaired) electrons. The van der Waals surface area contributed by atoms with E-state index in [0.29, 0.717) is 24.0 Å². The van der Waals surface area contributed by atoms with Gasteiger partial charge in [0.1, 0.15) is 18.1 Å². The minimum absolute atomic E-state index is 0.0119. The van der Waals surface area contributed by atoms with Gasteiger partial charge in [-0.05, 0) is 55.2 Å². The average Bonchev–Trinajstić information content (AvgIpc) is 3.29. The van der Waals surface area contributed by atoms with E-state index in [-0.39, 0.29) is 24.1 Å². The van der Waals surface area contributed by atoms with Crippen molar-refractivity contribution < 1.29 is 23.8 Å². The predicted molar refractivity (Wildman–Crippen MR) is 137 cm³/mol. The van der Waals surface area contributed by atoms with Crippen LogP contribution < -0.4 is 9.47 Å². The second-order valence-electron chi connectivity index (χ2n) is 9.48. The lowest BCUT2D eigenvalue weighted by Crippen LogP contribution is -2.46. The van der Waals surface area contributed by atoms with Gasteiger partial charge in [-0.1, -0.05) is 36.4 Å². The van der Waals surface area contributed by atoms with Crippen LogP contribution in [-0.4, -0.2) is 52.6 Å². The van der Waals surface area contributed by atoms with Crippen LogP contribution >= 0.6 is 0 Å². The zero-order valence-electron chi connectivity index (χ0n) is 21.1. The van der Waals surface area contributed by atoms with Crippen molar-refractivity contribution >= 4 is 12.1 Å². The maximum atomic E-state index is 12.5. The zero-order chi connectivity index (χ0) is 25.8. The van der Waals surface area contributed by atoms with Crippen LogP contribution in [0.3, 0.4) is 0 Å². The molecule has 2 aliphatic heterocycles. The van der Waals surface area contributed by atoms with Crippen molar-refractivity contribution in [3.05, 3.63) is 83.6 Å². The summed E-state index contributed by atoms with van der Waals surface area (Å²) in [6, 6.07) is 21.1. The molecule has 0 spiro atoms. The molecule has 192 valence electrons. The Morgan fingerprint density at radius 3 is 2.38 bits per heavy atom. The van der Waals surface area contributed by atoms with Gasteiger partial charge in [-0.2, -0.15) is 0 Å². The van der Waals surface area contributed by atoms with Crippen LogP contribution in [0, 0.1) is 6.92 Å². The third kappa shape index (κ3) is 5.91. The summed E-state index contributed by atoms with van der Waals surface area (Å²) >= 11 is 0. The molecule has 2 aliphatic rings. The average molecular weight is 502 g/mol.